The van der Waals surface area contributed by atoms with Gasteiger partial charge in [-0.3, -0.25) is 9.59 Å². The molecular weight excluding hydrogens is 444 g/mol. The zero-order valence-electron chi connectivity index (χ0n) is 18.8. The summed E-state index contributed by atoms with van der Waals surface area (Å²) in [5.41, 5.74) is 0.959. The van der Waals surface area contributed by atoms with E-state index in [9.17, 15) is 19.2 Å². The van der Waals surface area contributed by atoms with Crippen LogP contribution in [0, 0.1) is 6.92 Å². The van der Waals surface area contributed by atoms with Gasteiger partial charge in [-0.1, -0.05) is 24.6 Å². The Morgan fingerprint density at radius 1 is 1.03 bits per heavy atom. The van der Waals surface area contributed by atoms with Crippen LogP contribution < -0.4 is 10.6 Å². The van der Waals surface area contributed by atoms with Crippen molar-refractivity contribution >= 4 is 40.1 Å². The van der Waals surface area contributed by atoms with Gasteiger partial charge in [0.1, 0.15) is 16.0 Å². The second-order valence-corrected chi connectivity index (χ2v) is 8.76. The highest BCUT2D eigenvalue weighted by Crippen LogP contribution is 2.35. The molecule has 1 fully saturated rings. The minimum atomic E-state index is -0.633. The van der Waals surface area contributed by atoms with Gasteiger partial charge >= 0.3 is 11.9 Å². The molecule has 2 aromatic rings. The third kappa shape index (κ3) is 6.41. The van der Waals surface area contributed by atoms with Crippen molar-refractivity contribution in [2.75, 3.05) is 18.5 Å². The molecule has 0 bridgehead atoms. The number of amides is 2. The van der Waals surface area contributed by atoms with E-state index in [4.69, 9.17) is 9.47 Å². The van der Waals surface area contributed by atoms with Gasteiger partial charge in [0.05, 0.1) is 18.7 Å². The number of rotatable bonds is 8. The maximum absolute atomic E-state index is 12.8. The molecule has 8 nitrogen and oxygen atoms in total. The molecule has 1 aromatic carbocycles. The van der Waals surface area contributed by atoms with Crippen LogP contribution >= 0.6 is 11.3 Å². The molecule has 9 heteroatoms. The molecule has 3 rings (SSSR count). The molecule has 1 saturated carbocycles. The molecule has 0 spiro atoms. The van der Waals surface area contributed by atoms with Crippen molar-refractivity contribution in [2.45, 2.75) is 52.1 Å². The highest BCUT2D eigenvalue weighted by molar-refractivity contribution is 7.18. The third-order valence-corrected chi connectivity index (χ3v) is 6.52. The summed E-state index contributed by atoms with van der Waals surface area (Å²) in [7, 11) is 0. The molecule has 33 heavy (non-hydrogen) atoms. The van der Waals surface area contributed by atoms with Crippen LogP contribution in [0.15, 0.2) is 30.3 Å². The monoisotopic (exact) mass is 472 g/mol. The first kappa shape index (κ1) is 24.4. The molecule has 0 aliphatic heterocycles. The first-order valence-corrected chi connectivity index (χ1v) is 11.9. The number of hydrogen-bond donors (Lipinski definition) is 2. The quantitative estimate of drug-likeness (QED) is 0.560. The number of anilines is 1. The van der Waals surface area contributed by atoms with Gasteiger partial charge in [0, 0.05) is 5.56 Å². The highest BCUT2D eigenvalue weighted by atomic mass is 32.1. The topological polar surface area (TPSA) is 111 Å². The summed E-state index contributed by atoms with van der Waals surface area (Å²) in [5.74, 6) is -2.06. The summed E-state index contributed by atoms with van der Waals surface area (Å²) in [6.07, 6.45) is 4.69. The predicted octanol–water partition coefficient (Wildman–Crippen LogP) is 4.09. The molecule has 0 atom stereocenters. The number of hydrogen-bond acceptors (Lipinski definition) is 7. The Kier molecular flexibility index (Phi) is 8.59. The lowest BCUT2D eigenvalue weighted by Gasteiger charge is -2.21. The Labute approximate surface area is 196 Å². The molecule has 0 unspecified atom stereocenters. The van der Waals surface area contributed by atoms with Gasteiger partial charge in [-0.05, 0) is 57.2 Å². The number of carbonyl (C=O) groups is 4. The SMILES string of the molecule is CCOC(=O)c1c(NC(=O)CNC(=O)c2ccccc2)sc(C(=O)OC2CCCCC2)c1C. The molecular formula is C24H28N2O6S. The summed E-state index contributed by atoms with van der Waals surface area (Å²) in [6, 6.07) is 8.51. The van der Waals surface area contributed by atoms with Crippen molar-refractivity contribution in [3.63, 3.8) is 0 Å². The largest absolute Gasteiger partial charge is 0.462 e. The highest BCUT2D eigenvalue weighted by Gasteiger charge is 2.29. The van der Waals surface area contributed by atoms with Gasteiger partial charge in [-0.15, -0.1) is 11.3 Å². The maximum atomic E-state index is 12.8. The molecule has 0 radical (unpaired) electrons. The van der Waals surface area contributed by atoms with Crippen molar-refractivity contribution in [3.05, 3.63) is 51.9 Å². The van der Waals surface area contributed by atoms with Crippen LogP contribution in [0.4, 0.5) is 5.00 Å². The molecule has 1 aromatic heterocycles. The van der Waals surface area contributed by atoms with E-state index >= 15 is 0 Å². The van der Waals surface area contributed by atoms with Gasteiger partial charge in [-0.25, -0.2) is 9.59 Å². The molecule has 0 saturated heterocycles. The summed E-state index contributed by atoms with van der Waals surface area (Å²) in [5, 5.41) is 5.36. The van der Waals surface area contributed by atoms with E-state index < -0.39 is 23.8 Å². The van der Waals surface area contributed by atoms with Crippen LogP contribution in [-0.2, 0) is 14.3 Å². The second kappa shape index (κ2) is 11.6. The summed E-state index contributed by atoms with van der Waals surface area (Å²) in [6.45, 7) is 3.16. The Morgan fingerprint density at radius 3 is 2.39 bits per heavy atom. The minimum absolute atomic E-state index is 0.125. The number of benzene rings is 1. The van der Waals surface area contributed by atoms with Crippen LogP contribution in [0.25, 0.3) is 0 Å². The standard InChI is InChI=1S/C24H28N2O6S/c1-3-31-23(29)19-15(2)20(24(30)32-17-12-8-5-9-13-17)33-22(19)26-18(27)14-25-21(28)16-10-6-4-7-11-16/h4,6-7,10-11,17H,3,5,8-9,12-14H2,1-2H3,(H,25,28)(H,26,27). The van der Waals surface area contributed by atoms with E-state index in [0.29, 0.717) is 11.1 Å². The smallest absolute Gasteiger partial charge is 0.348 e. The normalized spacial score (nSPS) is 13.8. The second-order valence-electron chi connectivity index (χ2n) is 7.74. The van der Waals surface area contributed by atoms with Crippen LogP contribution in [0.5, 0.6) is 0 Å². The fraction of sp³-hybridized carbons (Fsp3) is 0.417. The van der Waals surface area contributed by atoms with Gasteiger partial charge in [0.2, 0.25) is 5.91 Å². The van der Waals surface area contributed by atoms with Gasteiger partial charge in [0.15, 0.2) is 0 Å². The van der Waals surface area contributed by atoms with Crippen molar-refractivity contribution in [1.82, 2.24) is 5.32 Å². The zero-order chi connectivity index (χ0) is 23.8. The van der Waals surface area contributed by atoms with E-state index in [-0.39, 0.29) is 34.7 Å². The molecule has 2 amide bonds. The Balaban J connectivity index is 1.72. The van der Waals surface area contributed by atoms with Gasteiger partial charge in [0.25, 0.3) is 5.91 Å². The third-order valence-electron chi connectivity index (χ3n) is 5.34. The Hall–Kier alpha value is -3.20. The fourth-order valence-electron chi connectivity index (χ4n) is 3.66. The van der Waals surface area contributed by atoms with Crippen molar-refractivity contribution < 1.29 is 28.7 Å². The lowest BCUT2D eigenvalue weighted by molar-refractivity contribution is -0.115. The van der Waals surface area contributed by atoms with E-state index in [2.05, 4.69) is 10.6 Å². The van der Waals surface area contributed by atoms with Crippen LogP contribution in [0.1, 0.15) is 75.0 Å². The van der Waals surface area contributed by atoms with Crippen molar-refractivity contribution in [1.29, 1.82) is 0 Å². The van der Waals surface area contributed by atoms with E-state index in [0.717, 1.165) is 43.4 Å². The molecule has 1 heterocycles. The lowest BCUT2D eigenvalue weighted by Crippen LogP contribution is -2.33. The number of thiophene rings is 1. The van der Waals surface area contributed by atoms with Gasteiger partial charge < -0.3 is 20.1 Å². The van der Waals surface area contributed by atoms with Crippen molar-refractivity contribution in [2.24, 2.45) is 0 Å². The van der Waals surface area contributed by atoms with Crippen LogP contribution in [-0.4, -0.2) is 43.0 Å². The molecule has 1 aliphatic rings. The first-order valence-electron chi connectivity index (χ1n) is 11.0. The minimum Gasteiger partial charge on any atom is -0.462 e. The Bertz CT molecular complexity index is 1010. The number of esters is 2. The average molecular weight is 473 g/mol. The molecule has 1 aliphatic carbocycles. The lowest BCUT2D eigenvalue weighted by atomic mass is 9.98. The van der Waals surface area contributed by atoms with Gasteiger partial charge in [-0.2, -0.15) is 0 Å². The maximum Gasteiger partial charge on any atom is 0.348 e. The predicted molar refractivity (Wildman–Crippen MR) is 125 cm³/mol. The van der Waals surface area contributed by atoms with Crippen molar-refractivity contribution in [3.8, 4) is 0 Å². The zero-order valence-corrected chi connectivity index (χ0v) is 19.6. The van der Waals surface area contributed by atoms with Crippen LogP contribution in [0.2, 0.25) is 0 Å². The first-order chi connectivity index (χ1) is 15.9. The van der Waals surface area contributed by atoms with E-state index in [1.54, 1.807) is 44.2 Å². The number of carbonyl (C=O) groups excluding carboxylic acids is 4. The summed E-state index contributed by atoms with van der Waals surface area (Å²) >= 11 is 0.976. The number of ether oxygens (including phenoxy) is 2. The van der Waals surface area contributed by atoms with E-state index in [1.807, 2.05) is 0 Å². The molecule has 2 N–H and O–H groups in total. The summed E-state index contributed by atoms with van der Waals surface area (Å²) < 4.78 is 10.8. The fourth-order valence-corrected chi connectivity index (χ4v) is 4.75. The average Bonchev–Trinajstić information content (AvgIpc) is 3.14. The number of nitrogens with one attached hydrogen (secondary N) is 2. The van der Waals surface area contributed by atoms with Crippen LogP contribution in [0.3, 0.4) is 0 Å². The molecule has 176 valence electrons. The summed E-state index contributed by atoms with van der Waals surface area (Å²) in [4.78, 5) is 50.3. The Morgan fingerprint density at radius 2 is 1.73 bits per heavy atom. The van der Waals surface area contributed by atoms with E-state index in [1.165, 1.54) is 0 Å².